The van der Waals surface area contributed by atoms with Crippen LogP contribution in [0.15, 0.2) is 12.1 Å². The van der Waals surface area contributed by atoms with Crippen molar-refractivity contribution in [1.29, 1.82) is 0 Å². The van der Waals surface area contributed by atoms with Crippen LogP contribution in [-0.2, 0) is 16.4 Å². The third kappa shape index (κ3) is 2.99. The van der Waals surface area contributed by atoms with Gasteiger partial charge < -0.3 is 9.41 Å². The summed E-state index contributed by atoms with van der Waals surface area (Å²) in [5.74, 6) is 0. The van der Waals surface area contributed by atoms with E-state index in [0.717, 1.165) is 0 Å². The Kier molecular flexibility index (Phi) is 4.47. The van der Waals surface area contributed by atoms with E-state index in [1.54, 1.807) is 19.6 Å². The average Bonchev–Trinajstić information content (AvgIpc) is 2.78. The molecule has 0 saturated carbocycles. The summed E-state index contributed by atoms with van der Waals surface area (Å²) in [4.78, 5) is 2.73. The van der Waals surface area contributed by atoms with Gasteiger partial charge in [0.2, 0.25) is 5.60 Å². The number of rotatable bonds is 2. The molecular formula is C16H17Cl2F4NOSi. The number of halogens is 6. The quantitative estimate of drug-likeness (QED) is 0.449. The molecule has 2 aromatic rings. The lowest BCUT2D eigenvalue weighted by Gasteiger charge is -2.44. The van der Waals surface area contributed by atoms with Crippen LogP contribution in [0.3, 0.4) is 0 Å². The monoisotopic (exact) mass is 413 g/mol. The van der Waals surface area contributed by atoms with E-state index in [-0.39, 0.29) is 28.6 Å². The zero-order chi connectivity index (χ0) is 18.8. The molecule has 1 aliphatic carbocycles. The van der Waals surface area contributed by atoms with Gasteiger partial charge in [0.1, 0.15) is 6.17 Å². The standard InChI is InChI=1S/C16H17Cl2F4NOSi/c1-25(2,3)24-15(16(20,21)22)13(19)5-4-8-9-6-10(17)11(18)7-12(9)23-14(8)15/h6-7,13,23H,4-5H2,1-3H3. The SMILES string of the molecule is C[Si](C)(C)OC1(C(F)(F)F)c2[nH]c3cc(Cl)c(Cl)cc3c2CCC1F. The van der Waals surface area contributed by atoms with Crippen LogP contribution in [0.1, 0.15) is 17.7 Å². The molecule has 1 aromatic carbocycles. The third-order valence-corrected chi connectivity index (χ3v) is 5.95. The molecule has 1 aliphatic rings. The fraction of sp³-hybridized carbons (Fsp3) is 0.500. The first-order valence-corrected chi connectivity index (χ1v) is 11.9. The smallest absolute Gasteiger partial charge is 0.397 e. The Morgan fingerprint density at radius 3 is 2.36 bits per heavy atom. The van der Waals surface area contributed by atoms with E-state index in [2.05, 4.69) is 4.98 Å². The fourth-order valence-electron chi connectivity index (χ4n) is 3.43. The molecule has 2 unspecified atom stereocenters. The van der Waals surface area contributed by atoms with Crippen molar-refractivity contribution in [2.24, 2.45) is 0 Å². The number of hydrogen-bond acceptors (Lipinski definition) is 1. The minimum absolute atomic E-state index is 0.168. The maximum atomic E-state index is 14.8. The summed E-state index contributed by atoms with van der Waals surface area (Å²) in [5, 5.41) is 0.972. The van der Waals surface area contributed by atoms with Crippen molar-refractivity contribution >= 4 is 42.4 Å². The van der Waals surface area contributed by atoms with Crippen LogP contribution in [0.2, 0.25) is 29.7 Å². The highest BCUT2D eigenvalue weighted by atomic mass is 35.5. The molecule has 0 saturated heterocycles. The van der Waals surface area contributed by atoms with Gasteiger partial charge in [0, 0.05) is 10.9 Å². The van der Waals surface area contributed by atoms with Crippen LogP contribution >= 0.6 is 23.2 Å². The number of fused-ring (bicyclic) bond motifs is 3. The Morgan fingerprint density at radius 1 is 1.20 bits per heavy atom. The predicted octanol–water partition coefficient (Wildman–Crippen LogP) is 6.37. The first kappa shape index (κ1) is 19.0. The second-order valence-electron chi connectivity index (χ2n) is 7.24. The van der Waals surface area contributed by atoms with E-state index in [1.807, 2.05) is 0 Å². The fourth-order valence-corrected chi connectivity index (χ4v) is 5.07. The molecule has 1 heterocycles. The number of alkyl halides is 4. The lowest BCUT2D eigenvalue weighted by molar-refractivity contribution is -0.283. The highest BCUT2D eigenvalue weighted by molar-refractivity contribution is 6.69. The van der Waals surface area contributed by atoms with Gasteiger partial charge in [-0.05, 0) is 50.2 Å². The van der Waals surface area contributed by atoms with Crippen molar-refractivity contribution in [3.8, 4) is 0 Å². The first-order chi connectivity index (χ1) is 11.4. The largest absolute Gasteiger partial charge is 0.425 e. The summed E-state index contributed by atoms with van der Waals surface area (Å²) >= 11 is 12.0. The minimum atomic E-state index is -4.91. The Hall–Kier alpha value is -0.763. The maximum absolute atomic E-state index is 14.8. The normalized spacial score (nSPS) is 24.6. The van der Waals surface area contributed by atoms with Gasteiger partial charge in [-0.25, -0.2) is 4.39 Å². The van der Waals surface area contributed by atoms with Gasteiger partial charge in [0.05, 0.1) is 15.7 Å². The number of aromatic amines is 1. The molecule has 1 aromatic heterocycles. The second-order valence-corrected chi connectivity index (χ2v) is 12.5. The summed E-state index contributed by atoms with van der Waals surface area (Å²) in [6, 6.07) is 2.98. The molecule has 2 atom stereocenters. The van der Waals surface area contributed by atoms with E-state index in [4.69, 9.17) is 27.6 Å². The zero-order valence-electron chi connectivity index (χ0n) is 13.8. The molecule has 9 heteroatoms. The van der Waals surface area contributed by atoms with Crippen molar-refractivity contribution in [2.75, 3.05) is 0 Å². The lowest BCUT2D eigenvalue weighted by Crippen LogP contribution is -2.58. The molecule has 25 heavy (non-hydrogen) atoms. The maximum Gasteiger partial charge on any atom is 0.425 e. The van der Waals surface area contributed by atoms with Gasteiger partial charge in [0.25, 0.3) is 0 Å². The summed E-state index contributed by atoms with van der Waals surface area (Å²) in [6.07, 6.45) is -7.20. The topological polar surface area (TPSA) is 25.0 Å². The van der Waals surface area contributed by atoms with Crippen molar-refractivity contribution in [2.45, 2.75) is 50.4 Å². The summed E-state index contributed by atoms with van der Waals surface area (Å²) < 4.78 is 62.7. The number of H-pyrrole nitrogens is 1. The molecule has 1 N–H and O–H groups in total. The highest BCUT2D eigenvalue weighted by Crippen LogP contribution is 2.53. The van der Waals surface area contributed by atoms with Gasteiger partial charge in [-0.3, -0.25) is 0 Å². The van der Waals surface area contributed by atoms with Crippen molar-refractivity contribution in [1.82, 2.24) is 4.98 Å². The van der Waals surface area contributed by atoms with E-state index < -0.39 is 26.3 Å². The van der Waals surface area contributed by atoms with Crippen LogP contribution in [0.25, 0.3) is 10.9 Å². The third-order valence-electron chi connectivity index (χ3n) is 4.30. The van der Waals surface area contributed by atoms with Gasteiger partial charge in [-0.1, -0.05) is 23.2 Å². The molecule has 0 bridgehead atoms. The Balaban J connectivity index is 2.34. The summed E-state index contributed by atoms with van der Waals surface area (Å²) in [6.45, 7) is 4.83. The minimum Gasteiger partial charge on any atom is -0.397 e. The van der Waals surface area contributed by atoms with E-state index >= 15 is 0 Å². The molecule has 0 spiro atoms. The molecule has 0 fully saturated rings. The van der Waals surface area contributed by atoms with Crippen molar-refractivity contribution < 1.29 is 22.0 Å². The molecule has 0 amide bonds. The number of aromatic nitrogens is 1. The van der Waals surface area contributed by atoms with Gasteiger partial charge in [-0.2, -0.15) is 13.2 Å². The van der Waals surface area contributed by atoms with Crippen LogP contribution < -0.4 is 0 Å². The molecule has 3 rings (SSSR count). The molecule has 0 aliphatic heterocycles. The van der Waals surface area contributed by atoms with Crippen LogP contribution in [0.4, 0.5) is 17.6 Å². The van der Waals surface area contributed by atoms with E-state index in [0.29, 0.717) is 16.5 Å². The van der Waals surface area contributed by atoms with Gasteiger partial charge in [-0.15, -0.1) is 0 Å². The van der Waals surface area contributed by atoms with Crippen LogP contribution in [0, 0.1) is 0 Å². The zero-order valence-corrected chi connectivity index (χ0v) is 16.3. The van der Waals surface area contributed by atoms with Crippen molar-refractivity contribution in [3.05, 3.63) is 33.4 Å². The van der Waals surface area contributed by atoms with Crippen LogP contribution in [-0.4, -0.2) is 25.6 Å². The van der Waals surface area contributed by atoms with E-state index in [9.17, 15) is 17.6 Å². The Morgan fingerprint density at radius 2 is 1.80 bits per heavy atom. The second kappa shape index (κ2) is 5.87. The van der Waals surface area contributed by atoms with E-state index in [1.165, 1.54) is 12.1 Å². The van der Waals surface area contributed by atoms with Gasteiger partial charge >= 0.3 is 6.18 Å². The number of aryl methyl sites for hydroxylation is 1. The predicted molar refractivity (Wildman–Crippen MR) is 93.7 cm³/mol. The van der Waals surface area contributed by atoms with Crippen LogP contribution in [0.5, 0.6) is 0 Å². The number of hydrogen-bond donors (Lipinski definition) is 1. The average molecular weight is 414 g/mol. The van der Waals surface area contributed by atoms with Gasteiger partial charge in [0.15, 0.2) is 8.32 Å². The highest BCUT2D eigenvalue weighted by Gasteiger charge is 2.66. The summed E-state index contributed by atoms with van der Waals surface area (Å²) in [5.41, 5.74) is -2.49. The lowest BCUT2D eigenvalue weighted by atomic mass is 9.81. The Bertz CT molecular complexity index is 830. The number of benzene rings is 1. The molecule has 2 nitrogen and oxygen atoms in total. The summed E-state index contributed by atoms with van der Waals surface area (Å²) in [7, 11) is -2.74. The van der Waals surface area contributed by atoms with Crippen molar-refractivity contribution in [3.63, 3.8) is 0 Å². The first-order valence-electron chi connectivity index (χ1n) is 7.78. The Labute approximate surface area is 153 Å². The molecule has 138 valence electrons. The number of nitrogens with one attached hydrogen (secondary N) is 1. The molecular weight excluding hydrogens is 397 g/mol. The molecule has 0 radical (unpaired) electrons.